The fourth-order valence-corrected chi connectivity index (χ4v) is 6.75. The van der Waals surface area contributed by atoms with E-state index in [4.69, 9.17) is 0 Å². The summed E-state index contributed by atoms with van der Waals surface area (Å²) in [6.45, 7) is 0. The van der Waals surface area contributed by atoms with Gasteiger partial charge in [-0.3, -0.25) is 0 Å². The molecule has 0 heterocycles. The average molecular weight is 443 g/mol. The highest BCUT2D eigenvalue weighted by molar-refractivity contribution is 5.89. The summed E-state index contributed by atoms with van der Waals surface area (Å²) in [5.41, 5.74) is 14.0. The number of hydrogen-bond donors (Lipinski definition) is 0. The van der Waals surface area contributed by atoms with Gasteiger partial charge < -0.3 is 0 Å². The molecule has 0 amide bonds. The lowest BCUT2D eigenvalue weighted by Gasteiger charge is -2.47. The standard InChI is InChI=1S/C35H22/c1-3-13-25-23(11-1)21-24-12-2-4-14-26(24)30(25)22-35-31-18-8-5-15-27(31)34(28-16-6-9-19-32(28)35)29-17-7-10-20-33(29)35/h1-21,34H. The van der Waals surface area contributed by atoms with E-state index < -0.39 is 5.41 Å². The van der Waals surface area contributed by atoms with Crippen molar-refractivity contribution >= 4 is 5.57 Å². The molecule has 4 aliphatic rings. The lowest BCUT2D eigenvalue weighted by Crippen LogP contribution is -2.41. The lowest BCUT2D eigenvalue weighted by atomic mass is 9.52. The van der Waals surface area contributed by atoms with E-state index in [0.29, 0.717) is 0 Å². The molecule has 9 rings (SSSR count). The Labute approximate surface area is 206 Å². The average Bonchev–Trinajstić information content (AvgIpc) is 2.93. The molecule has 0 heteroatoms. The monoisotopic (exact) mass is 442 g/mol. The summed E-state index contributed by atoms with van der Waals surface area (Å²) in [6.07, 6.45) is 6.54. The Kier molecular flexibility index (Phi) is 3.70. The van der Waals surface area contributed by atoms with Crippen LogP contribution in [0.3, 0.4) is 0 Å². The largest absolute Gasteiger partial charge is 0.153 e. The fourth-order valence-electron chi connectivity index (χ4n) is 6.75. The number of benzene rings is 5. The number of fused-ring (bicyclic) bond motifs is 2. The Balaban J connectivity index is 1.55. The molecule has 0 nitrogen and oxygen atoms in total. The SMILES string of the molecule is [C+](=C1c2ccccc2[CH-]c2ccccc21)C12c3ccccc3C(c3ccccc31)c1ccccc12. The van der Waals surface area contributed by atoms with Crippen LogP contribution in [0.5, 0.6) is 0 Å². The third kappa shape index (κ3) is 2.37. The molecule has 162 valence electrons. The molecule has 0 unspecified atom stereocenters. The van der Waals surface area contributed by atoms with Crippen molar-refractivity contribution in [1.82, 2.24) is 0 Å². The molecular formula is C35H22. The van der Waals surface area contributed by atoms with Crippen LogP contribution < -0.4 is 0 Å². The molecule has 0 spiro atoms. The van der Waals surface area contributed by atoms with E-state index in [1.165, 1.54) is 61.2 Å². The molecule has 0 N–H and O–H groups in total. The summed E-state index contributed by atoms with van der Waals surface area (Å²) in [5, 5.41) is 0. The first kappa shape index (κ1) is 19.0. The van der Waals surface area contributed by atoms with Crippen LogP contribution >= 0.6 is 0 Å². The van der Waals surface area contributed by atoms with Gasteiger partial charge in [-0.05, 0) is 39.5 Å². The van der Waals surface area contributed by atoms with Gasteiger partial charge in [-0.2, -0.15) is 0 Å². The van der Waals surface area contributed by atoms with Crippen LogP contribution in [0.2, 0.25) is 0 Å². The van der Waals surface area contributed by atoms with Gasteiger partial charge in [0.2, 0.25) is 0 Å². The van der Waals surface area contributed by atoms with Crippen molar-refractivity contribution in [3.8, 4) is 0 Å². The lowest BCUT2D eigenvalue weighted by molar-refractivity contribution is 0.636. The topological polar surface area (TPSA) is 0 Å². The van der Waals surface area contributed by atoms with Gasteiger partial charge in [0, 0.05) is 11.5 Å². The van der Waals surface area contributed by atoms with Crippen LogP contribution in [0.25, 0.3) is 5.57 Å². The van der Waals surface area contributed by atoms with E-state index in [1.807, 2.05) is 0 Å². The van der Waals surface area contributed by atoms with E-state index >= 15 is 0 Å². The highest BCUT2D eigenvalue weighted by Gasteiger charge is 2.53. The van der Waals surface area contributed by atoms with Gasteiger partial charge in [-0.15, -0.1) is 29.7 Å². The van der Waals surface area contributed by atoms with Gasteiger partial charge in [0.05, 0.1) is 0 Å². The van der Waals surface area contributed by atoms with Crippen molar-refractivity contribution in [3.63, 3.8) is 0 Å². The molecule has 0 radical (unpaired) electrons. The predicted molar refractivity (Wildman–Crippen MR) is 141 cm³/mol. The smallest absolute Gasteiger partial charge is 0.125 e. The quantitative estimate of drug-likeness (QED) is 0.229. The molecule has 0 saturated carbocycles. The molecule has 5 aromatic rings. The molecule has 0 fully saturated rings. The van der Waals surface area contributed by atoms with E-state index in [-0.39, 0.29) is 5.92 Å². The molecule has 0 saturated heterocycles. The number of allylic oxidation sites excluding steroid dienone is 1. The summed E-state index contributed by atoms with van der Waals surface area (Å²) in [6, 6.07) is 44.6. The summed E-state index contributed by atoms with van der Waals surface area (Å²) in [4.78, 5) is 0. The van der Waals surface area contributed by atoms with E-state index in [2.05, 4.69) is 134 Å². The van der Waals surface area contributed by atoms with Crippen molar-refractivity contribution in [2.24, 2.45) is 0 Å². The van der Waals surface area contributed by atoms with E-state index in [0.717, 1.165) is 0 Å². The van der Waals surface area contributed by atoms with Crippen LogP contribution in [0, 0.1) is 12.5 Å². The number of rotatable bonds is 1. The third-order valence-electron chi connectivity index (χ3n) is 8.11. The zero-order valence-electron chi connectivity index (χ0n) is 19.2. The molecule has 0 aromatic heterocycles. The van der Waals surface area contributed by atoms with Crippen molar-refractivity contribution in [1.29, 1.82) is 0 Å². The first-order valence-electron chi connectivity index (χ1n) is 12.3. The number of hydrogen-bond acceptors (Lipinski definition) is 0. The first-order chi connectivity index (χ1) is 17.4. The summed E-state index contributed by atoms with van der Waals surface area (Å²) in [5.74, 6) is 0.270. The van der Waals surface area contributed by atoms with E-state index in [1.54, 1.807) is 0 Å². The van der Waals surface area contributed by atoms with Crippen molar-refractivity contribution in [2.75, 3.05) is 0 Å². The van der Waals surface area contributed by atoms with Crippen molar-refractivity contribution < 1.29 is 0 Å². The minimum Gasteiger partial charge on any atom is -0.125 e. The Hall–Kier alpha value is -4.38. The second kappa shape index (κ2) is 6.83. The van der Waals surface area contributed by atoms with Crippen LogP contribution in [0.1, 0.15) is 61.6 Å². The Morgan fingerprint density at radius 3 is 1.37 bits per heavy atom. The molecule has 0 atom stereocenters. The zero-order chi connectivity index (χ0) is 23.0. The first-order valence-corrected chi connectivity index (χ1v) is 12.3. The summed E-state index contributed by atoms with van der Waals surface area (Å²) in [7, 11) is 0. The van der Waals surface area contributed by atoms with Crippen LogP contribution in [-0.2, 0) is 5.41 Å². The highest BCUT2D eigenvalue weighted by Crippen LogP contribution is 2.60. The van der Waals surface area contributed by atoms with Gasteiger partial charge in [0.1, 0.15) is 0 Å². The maximum atomic E-state index is 4.24. The second-order valence-corrected chi connectivity index (χ2v) is 9.76. The Bertz CT molecular complexity index is 1520. The van der Waals surface area contributed by atoms with Gasteiger partial charge in [0.15, 0.2) is 5.41 Å². The van der Waals surface area contributed by atoms with Crippen LogP contribution in [-0.4, -0.2) is 0 Å². The minimum atomic E-state index is -0.467. The molecule has 4 aliphatic carbocycles. The van der Waals surface area contributed by atoms with Crippen LogP contribution in [0.15, 0.2) is 121 Å². The minimum absolute atomic E-state index is 0.270. The van der Waals surface area contributed by atoms with Crippen LogP contribution in [0.4, 0.5) is 0 Å². The molecule has 35 heavy (non-hydrogen) atoms. The molecular weight excluding hydrogens is 420 g/mol. The Morgan fingerprint density at radius 1 is 0.486 bits per heavy atom. The Morgan fingerprint density at radius 2 is 0.886 bits per heavy atom. The van der Waals surface area contributed by atoms with Gasteiger partial charge in [0.25, 0.3) is 0 Å². The summed E-state index contributed by atoms with van der Waals surface area (Å²) >= 11 is 0. The van der Waals surface area contributed by atoms with Gasteiger partial charge >= 0.3 is 0 Å². The molecule has 2 bridgehead atoms. The predicted octanol–water partition coefficient (Wildman–Crippen LogP) is 7.68. The molecule has 5 aromatic carbocycles. The molecule has 0 aliphatic heterocycles. The van der Waals surface area contributed by atoms with E-state index in [9.17, 15) is 0 Å². The fraction of sp³-hybridized carbons (Fsp3) is 0.0571. The van der Waals surface area contributed by atoms with Gasteiger partial charge in [-0.1, -0.05) is 120 Å². The summed E-state index contributed by atoms with van der Waals surface area (Å²) < 4.78 is 0. The second-order valence-electron chi connectivity index (χ2n) is 9.76. The van der Waals surface area contributed by atoms with Gasteiger partial charge in [-0.25, -0.2) is 0 Å². The third-order valence-corrected chi connectivity index (χ3v) is 8.11. The maximum absolute atomic E-state index is 4.24. The highest BCUT2D eigenvalue weighted by atomic mass is 14.5. The zero-order valence-corrected chi connectivity index (χ0v) is 19.2. The maximum Gasteiger partial charge on any atom is 0.153 e. The van der Waals surface area contributed by atoms with Crippen molar-refractivity contribution in [3.05, 3.63) is 189 Å². The van der Waals surface area contributed by atoms with Crippen molar-refractivity contribution in [2.45, 2.75) is 11.3 Å². The normalized spacial score (nSPS) is 19.9.